The minimum atomic E-state index is -1.27. The van der Waals surface area contributed by atoms with Crippen molar-refractivity contribution in [2.24, 2.45) is 15.6 Å². The number of carbonyl (C=O) groups excluding carboxylic acids is 1. The molecule has 0 radical (unpaired) electrons. The molecule has 32 heavy (non-hydrogen) atoms. The molecule has 3 aliphatic rings. The number of nitrogens with zero attached hydrogens (tertiary/aromatic N) is 3. The summed E-state index contributed by atoms with van der Waals surface area (Å²) in [7, 11) is 0. The summed E-state index contributed by atoms with van der Waals surface area (Å²) in [5.41, 5.74) is 4.26. The molecule has 0 amide bonds. The third-order valence-corrected chi connectivity index (χ3v) is 7.10. The number of hydrogen-bond donors (Lipinski definition) is 1. The van der Waals surface area contributed by atoms with Crippen LogP contribution < -0.4 is 5.32 Å². The van der Waals surface area contributed by atoms with Crippen molar-refractivity contribution in [3.05, 3.63) is 76.9 Å². The van der Waals surface area contributed by atoms with Crippen LogP contribution in [0.4, 0.5) is 4.39 Å². The van der Waals surface area contributed by atoms with Crippen molar-refractivity contribution in [3.8, 4) is 11.1 Å². The predicted molar refractivity (Wildman–Crippen MR) is 122 cm³/mol. The van der Waals surface area contributed by atoms with Gasteiger partial charge in [0.1, 0.15) is 6.17 Å². The molecule has 1 aromatic heterocycles. The SMILES string of the molecule is CC[C@]1(c2cccc(-c3ccnc(C)c3)c2)C2=CN=NC2NC2=C1C(=O)CC(C)(C)[C@@H]2F. The standard InChI is InChI=1S/C26H27FN4O/c1-5-26(18-8-6-7-16(12-18)17-9-10-28-15(2)11-17)19-14-29-31-24(19)30-22-21(26)20(32)13-25(3,4)23(22)27/h6-12,14,23-24,30H,5,13H2,1-4H3/t23-,24?,26+/m1/s1. The van der Waals surface area contributed by atoms with Crippen LogP contribution in [-0.2, 0) is 10.2 Å². The quantitative estimate of drug-likeness (QED) is 0.692. The summed E-state index contributed by atoms with van der Waals surface area (Å²) in [5, 5.41) is 11.7. The molecule has 0 bridgehead atoms. The molecule has 0 saturated carbocycles. The molecule has 5 nitrogen and oxygen atoms in total. The Hall–Kier alpha value is -3.15. The number of hydrogen-bond acceptors (Lipinski definition) is 5. The Kier molecular flexibility index (Phi) is 4.66. The molecule has 0 fully saturated rings. The molecule has 2 aromatic rings. The fraction of sp³-hybridized carbons (Fsp3) is 0.385. The number of fused-ring (bicyclic) bond motifs is 1. The van der Waals surface area contributed by atoms with E-state index in [9.17, 15) is 4.79 Å². The number of pyridine rings is 1. The number of carbonyl (C=O) groups is 1. The number of aromatic nitrogens is 1. The summed E-state index contributed by atoms with van der Waals surface area (Å²) in [6, 6.07) is 12.2. The maximum atomic E-state index is 15.7. The molecule has 5 rings (SSSR count). The Bertz CT molecular complexity index is 1210. The van der Waals surface area contributed by atoms with Crippen LogP contribution in [0.3, 0.4) is 0 Å². The van der Waals surface area contributed by atoms with Crippen LogP contribution in [0.25, 0.3) is 11.1 Å². The van der Waals surface area contributed by atoms with Gasteiger partial charge in [0.15, 0.2) is 11.9 Å². The van der Waals surface area contributed by atoms with Gasteiger partial charge in [-0.2, -0.15) is 10.2 Å². The van der Waals surface area contributed by atoms with Crippen molar-refractivity contribution in [2.75, 3.05) is 0 Å². The van der Waals surface area contributed by atoms with Crippen molar-refractivity contribution in [1.29, 1.82) is 0 Å². The molecule has 1 aliphatic carbocycles. The van der Waals surface area contributed by atoms with Crippen LogP contribution in [0.1, 0.15) is 44.9 Å². The highest BCUT2D eigenvalue weighted by Gasteiger charge is 2.56. The number of halogens is 1. The van der Waals surface area contributed by atoms with Crippen molar-refractivity contribution < 1.29 is 9.18 Å². The van der Waals surface area contributed by atoms with Gasteiger partial charge in [0, 0.05) is 34.9 Å². The minimum absolute atomic E-state index is 0.00958. The fourth-order valence-electron chi connectivity index (χ4n) is 5.49. The van der Waals surface area contributed by atoms with Gasteiger partial charge < -0.3 is 5.32 Å². The van der Waals surface area contributed by atoms with E-state index in [0.29, 0.717) is 17.7 Å². The highest BCUT2D eigenvalue weighted by molar-refractivity contribution is 6.02. The van der Waals surface area contributed by atoms with Gasteiger partial charge in [-0.05, 0) is 48.2 Å². The molecule has 1 unspecified atom stereocenters. The van der Waals surface area contributed by atoms with Crippen molar-refractivity contribution in [2.45, 2.75) is 58.3 Å². The van der Waals surface area contributed by atoms with Gasteiger partial charge in [-0.15, -0.1) is 0 Å². The van der Waals surface area contributed by atoms with E-state index in [1.165, 1.54) is 0 Å². The largest absolute Gasteiger partial charge is 0.359 e. The second-order valence-electron chi connectivity index (χ2n) is 9.63. The van der Waals surface area contributed by atoms with E-state index < -0.39 is 23.2 Å². The molecule has 2 aliphatic heterocycles. The summed E-state index contributed by atoms with van der Waals surface area (Å²) >= 11 is 0. The van der Waals surface area contributed by atoms with Gasteiger partial charge in [-0.1, -0.05) is 39.0 Å². The number of ketones is 1. The van der Waals surface area contributed by atoms with Gasteiger partial charge in [-0.25, -0.2) is 4.39 Å². The summed E-state index contributed by atoms with van der Waals surface area (Å²) < 4.78 is 15.7. The predicted octanol–water partition coefficient (Wildman–Crippen LogP) is 5.58. The van der Waals surface area contributed by atoms with Gasteiger partial charge >= 0.3 is 0 Å². The number of nitrogens with one attached hydrogen (secondary N) is 1. The zero-order chi connectivity index (χ0) is 22.7. The maximum Gasteiger partial charge on any atom is 0.164 e. The average Bonchev–Trinajstić information content (AvgIpc) is 3.25. The maximum absolute atomic E-state index is 15.7. The van der Waals surface area contributed by atoms with E-state index in [4.69, 9.17) is 0 Å². The first-order valence-corrected chi connectivity index (χ1v) is 11.1. The minimum Gasteiger partial charge on any atom is -0.359 e. The van der Waals surface area contributed by atoms with Gasteiger partial charge in [0.05, 0.1) is 17.3 Å². The van der Waals surface area contributed by atoms with Crippen LogP contribution in [0.5, 0.6) is 0 Å². The van der Waals surface area contributed by atoms with Crippen LogP contribution in [0, 0.1) is 12.3 Å². The first kappa shape index (κ1) is 20.7. The molecule has 1 N–H and O–H groups in total. The highest BCUT2D eigenvalue weighted by Crippen LogP contribution is 2.54. The first-order chi connectivity index (χ1) is 15.3. The molecule has 3 atom stereocenters. The molecule has 3 heterocycles. The number of rotatable bonds is 3. The number of aryl methyl sites for hydroxylation is 1. The van der Waals surface area contributed by atoms with E-state index in [0.717, 1.165) is 28.0 Å². The highest BCUT2D eigenvalue weighted by atomic mass is 19.1. The lowest BCUT2D eigenvalue weighted by molar-refractivity contribution is -0.120. The third-order valence-electron chi connectivity index (χ3n) is 7.10. The topological polar surface area (TPSA) is 66.7 Å². The summed E-state index contributed by atoms with van der Waals surface area (Å²) in [6.45, 7) is 7.63. The van der Waals surface area contributed by atoms with Crippen molar-refractivity contribution in [1.82, 2.24) is 10.3 Å². The molecule has 0 saturated heterocycles. The average molecular weight is 431 g/mol. The summed E-state index contributed by atoms with van der Waals surface area (Å²) in [6.07, 6.45) is 2.59. The second kappa shape index (κ2) is 7.19. The van der Waals surface area contributed by atoms with Crippen LogP contribution >= 0.6 is 0 Å². The number of azo groups is 1. The zero-order valence-corrected chi connectivity index (χ0v) is 18.8. The van der Waals surface area contributed by atoms with Crippen LogP contribution in [-0.4, -0.2) is 23.1 Å². The van der Waals surface area contributed by atoms with E-state index >= 15 is 4.39 Å². The Morgan fingerprint density at radius 2 is 1.97 bits per heavy atom. The number of benzene rings is 1. The summed E-state index contributed by atoms with van der Waals surface area (Å²) in [4.78, 5) is 17.9. The molecule has 1 aromatic carbocycles. The molecular weight excluding hydrogens is 403 g/mol. The zero-order valence-electron chi connectivity index (χ0n) is 18.8. The first-order valence-electron chi connectivity index (χ1n) is 11.1. The lowest BCUT2D eigenvalue weighted by atomic mass is 9.58. The van der Waals surface area contributed by atoms with Crippen LogP contribution in [0.2, 0.25) is 0 Å². The molecule has 164 valence electrons. The van der Waals surface area contributed by atoms with Gasteiger partial charge in [0.2, 0.25) is 0 Å². The molecule has 6 heteroatoms. The monoisotopic (exact) mass is 430 g/mol. The van der Waals surface area contributed by atoms with E-state index in [1.54, 1.807) is 12.4 Å². The lowest BCUT2D eigenvalue weighted by Crippen LogP contribution is -2.55. The Balaban J connectivity index is 1.76. The number of Topliss-reactive ketones (excluding diaryl/α,β-unsaturated/α-hetero) is 1. The van der Waals surface area contributed by atoms with Gasteiger partial charge in [0.25, 0.3) is 0 Å². The third kappa shape index (κ3) is 2.89. The normalized spacial score (nSPS) is 28.2. The van der Waals surface area contributed by atoms with Crippen LogP contribution in [0.15, 0.2) is 75.9 Å². The van der Waals surface area contributed by atoms with Gasteiger partial charge in [-0.3, -0.25) is 9.78 Å². The second-order valence-corrected chi connectivity index (χ2v) is 9.63. The number of alkyl halides is 1. The Labute approximate surface area is 187 Å². The number of allylic oxidation sites excluding steroid dienone is 2. The lowest BCUT2D eigenvalue weighted by Gasteiger charge is -2.49. The van der Waals surface area contributed by atoms with E-state index in [1.807, 2.05) is 45.0 Å². The Morgan fingerprint density at radius 3 is 2.72 bits per heavy atom. The fourth-order valence-corrected chi connectivity index (χ4v) is 5.49. The summed E-state index contributed by atoms with van der Waals surface area (Å²) in [5.74, 6) is -0.00958. The molecular formula is C26H27FN4O. The van der Waals surface area contributed by atoms with Crippen molar-refractivity contribution in [3.63, 3.8) is 0 Å². The molecule has 0 spiro atoms. The van der Waals surface area contributed by atoms with E-state index in [2.05, 4.69) is 39.6 Å². The van der Waals surface area contributed by atoms with Crippen molar-refractivity contribution >= 4 is 5.78 Å². The Morgan fingerprint density at radius 1 is 1.19 bits per heavy atom. The van der Waals surface area contributed by atoms with E-state index in [-0.39, 0.29) is 12.2 Å². The smallest absolute Gasteiger partial charge is 0.164 e.